The number of carbonyl (C=O) groups is 1. The highest BCUT2D eigenvalue weighted by Crippen LogP contribution is 2.27. The standard InChI is InChI=1S/C23H20O3/c24-23(25)15-22(19-11-5-2-6-12-19)21-14-8-7-13-20(21)17-26-16-18-9-3-1-4-10-18/h1-15H,16-17H2,(H,24,25). The van der Waals surface area contributed by atoms with Crippen molar-refractivity contribution < 1.29 is 14.6 Å². The van der Waals surface area contributed by atoms with Crippen molar-refractivity contribution in [3.8, 4) is 0 Å². The fourth-order valence-electron chi connectivity index (χ4n) is 2.82. The minimum Gasteiger partial charge on any atom is -0.478 e. The van der Waals surface area contributed by atoms with Crippen LogP contribution in [0.4, 0.5) is 0 Å². The molecule has 0 aliphatic rings. The Labute approximate surface area is 153 Å². The van der Waals surface area contributed by atoms with E-state index >= 15 is 0 Å². The molecule has 0 saturated heterocycles. The van der Waals surface area contributed by atoms with Gasteiger partial charge in [0.25, 0.3) is 0 Å². The summed E-state index contributed by atoms with van der Waals surface area (Å²) in [5.74, 6) is -0.969. The molecule has 0 amide bonds. The fraction of sp³-hybridized carbons (Fsp3) is 0.0870. The van der Waals surface area contributed by atoms with E-state index in [0.29, 0.717) is 18.8 Å². The van der Waals surface area contributed by atoms with Crippen LogP contribution in [0.25, 0.3) is 5.57 Å². The predicted octanol–water partition coefficient (Wildman–Crippen LogP) is 4.92. The van der Waals surface area contributed by atoms with Gasteiger partial charge in [0.1, 0.15) is 0 Å². The van der Waals surface area contributed by atoms with Crippen LogP contribution < -0.4 is 0 Å². The summed E-state index contributed by atoms with van der Waals surface area (Å²) in [4.78, 5) is 11.4. The zero-order valence-corrected chi connectivity index (χ0v) is 14.3. The first kappa shape index (κ1) is 17.6. The molecular weight excluding hydrogens is 324 g/mol. The van der Waals surface area contributed by atoms with Crippen LogP contribution in [0.2, 0.25) is 0 Å². The van der Waals surface area contributed by atoms with Gasteiger partial charge in [-0.05, 0) is 27.8 Å². The number of hydrogen-bond acceptors (Lipinski definition) is 2. The summed E-state index contributed by atoms with van der Waals surface area (Å²) >= 11 is 0. The summed E-state index contributed by atoms with van der Waals surface area (Å²) in [5.41, 5.74) is 4.48. The van der Waals surface area contributed by atoms with E-state index in [1.54, 1.807) is 0 Å². The molecule has 0 radical (unpaired) electrons. The average Bonchev–Trinajstić information content (AvgIpc) is 2.68. The summed E-state index contributed by atoms with van der Waals surface area (Å²) in [6.45, 7) is 0.924. The molecule has 0 spiro atoms. The number of benzene rings is 3. The SMILES string of the molecule is O=C(O)C=C(c1ccccc1)c1ccccc1COCc1ccccc1. The maximum Gasteiger partial charge on any atom is 0.328 e. The lowest BCUT2D eigenvalue weighted by Gasteiger charge is -2.14. The normalized spacial score (nSPS) is 11.3. The number of ether oxygens (including phenoxy) is 1. The van der Waals surface area contributed by atoms with Crippen LogP contribution >= 0.6 is 0 Å². The summed E-state index contributed by atoms with van der Waals surface area (Å²) in [7, 11) is 0. The van der Waals surface area contributed by atoms with Crippen molar-refractivity contribution in [1.82, 2.24) is 0 Å². The monoisotopic (exact) mass is 344 g/mol. The minimum atomic E-state index is -0.969. The molecule has 3 rings (SSSR count). The summed E-state index contributed by atoms with van der Waals surface area (Å²) < 4.78 is 5.86. The lowest BCUT2D eigenvalue weighted by molar-refractivity contribution is -0.131. The zero-order valence-electron chi connectivity index (χ0n) is 14.3. The van der Waals surface area contributed by atoms with E-state index < -0.39 is 5.97 Å². The Morgan fingerprint density at radius 3 is 2.12 bits per heavy atom. The van der Waals surface area contributed by atoms with Gasteiger partial charge in [0.15, 0.2) is 0 Å². The molecule has 0 atom stereocenters. The lowest BCUT2D eigenvalue weighted by atomic mass is 9.94. The van der Waals surface area contributed by atoms with E-state index in [1.165, 1.54) is 6.08 Å². The maximum atomic E-state index is 11.4. The van der Waals surface area contributed by atoms with Crippen LogP contribution in [-0.4, -0.2) is 11.1 Å². The van der Waals surface area contributed by atoms with Crippen molar-refractivity contribution in [3.05, 3.63) is 113 Å². The first-order chi connectivity index (χ1) is 12.7. The van der Waals surface area contributed by atoms with E-state index in [4.69, 9.17) is 4.74 Å². The van der Waals surface area contributed by atoms with Crippen molar-refractivity contribution in [2.45, 2.75) is 13.2 Å². The second kappa shape index (κ2) is 8.79. The summed E-state index contributed by atoms with van der Waals surface area (Å²) in [5, 5.41) is 9.31. The minimum absolute atomic E-state index is 0.412. The van der Waals surface area contributed by atoms with Gasteiger partial charge in [-0.3, -0.25) is 0 Å². The highest BCUT2D eigenvalue weighted by Gasteiger charge is 2.11. The molecule has 0 unspecified atom stereocenters. The van der Waals surface area contributed by atoms with Crippen LogP contribution in [0.15, 0.2) is 91.0 Å². The van der Waals surface area contributed by atoms with Gasteiger partial charge in [-0.1, -0.05) is 84.9 Å². The van der Waals surface area contributed by atoms with Crippen LogP contribution in [0, 0.1) is 0 Å². The largest absolute Gasteiger partial charge is 0.478 e. The fourth-order valence-corrected chi connectivity index (χ4v) is 2.82. The Balaban J connectivity index is 1.85. The van der Waals surface area contributed by atoms with Crippen molar-refractivity contribution in [2.24, 2.45) is 0 Å². The molecule has 0 heterocycles. The van der Waals surface area contributed by atoms with Gasteiger partial charge in [-0.2, -0.15) is 0 Å². The Hall–Kier alpha value is -3.17. The highest BCUT2D eigenvalue weighted by atomic mass is 16.5. The predicted molar refractivity (Wildman–Crippen MR) is 103 cm³/mol. The number of hydrogen-bond donors (Lipinski definition) is 1. The quantitative estimate of drug-likeness (QED) is 0.619. The molecule has 0 saturated carbocycles. The number of aliphatic carboxylic acids is 1. The molecule has 3 heteroatoms. The van der Waals surface area contributed by atoms with Gasteiger partial charge >= 0.3 is 5.97 Å². The topological polar surface area (TPSA) is 46.5 Å². The van der Waals surface area contributed by atoms with Gasteiger partial charge < -0.3 is 9.84 Å². The van der Waals surface area contributed by atoms with Crippen LogP contribution in [-0.2, 0) is 22.7 Å². The van der Waals surface area contributed by atoms with E-state index in [2.05, 4.69) is 0 Å². The van der Waals surface area contributed by atoms with Crippen LogP contribution in [0.3, 0.4) is 0 Å². The molecule has 0 bridgehead atoms. The van der Waals surface area contributed by atoms with E-state index in [1.807, 2.05) is 84.9 Å². The molecule has 0 fully saturated rings. The molecule has 26 heavy (non-hydrogen) atoms. The smallest absolute Gasteiger partial charge is 0.328 e. The summed E-state index contributed by atoms with van der Waals surface area (Å²) in [6.07, 6.45) is 1.26. The van der Waals surface area contributed by atoms with Gasteiger partial charge in [0.2, 0.25) is 0 Å². The third-order valence-corrected chi connectivity index (χ3v) is 4.03. The molecular formula is C23H20O3. The molecule has 0 aromatic heterocycles. The Bertz CT molecular complexity index is 884. The Morgan fingerprint density at radius 1 is 0.808 bits per heavy atom. The number of carboxylic acid groups (broad SMARTS) is 1. The van der Waals surface area contributed by atoms with Gasteiger partial charge in [-0.25, -0.2) is 4.79 Å². The van der Waals surface area contributed by atoms with Crippen molar-refractivity contribution in [1.29, 1.82) is 0 Å². The van der Waals surface area contributed by atoms with Gasteiger partial charge in [-0.15, -0.1) is 0 Å². The second-order valence-electron chi connectivity index (χ2n) is 5.90. The van der Waals surface area contributed by atoms with Gasteiger partial charge in [0.05, 0.1) is 13.2 Å². The van der Waals surface area contributed by atoms with Crippen LogP contribution in [0.1, 0.15) is 22.3 Å². The third kappa shape index (κ3) is 4.68. The summed E-state index contributed by atoms with van der Waals surface area (Å²) in [6, 6.07) is 27.3. The maximum absolute atomic E-state index is 11.4. The van der Waals surface area contributed by atoms with E-state index in [-0.39, 0.29) is 0 Å². The third-order valence-electron chi connectivity index (χ3n) is 4.03. The molecule has 1 N–H and O–H groups in total. The first-order valence-electron chi connectivity index (χ1n) is 8.44. The van der Waals surface area contributed by atoms with Gasteiger partial charge in [0, 0.05) is 6.08 Å². The number of rotatable bonds is 7. The number of carboxylic acids is 1. The van der Waals surface area contributed by atoms with Crippen molar-refractivity contribution in [2.75, 3.05) is 0 Å². The molecule has 0 aliphatic heterocycles. The first-order valence-corrected chi connectivity index (χ1v) is 8.44. The van der Waals surface area contributed by atoms with E-state index in [0.717, 1.165) is 22.3 Å². The second-order valence-corrected chi connectivity index (χ2v) is 5.90. The molecule has 3 aromatic carbocycles. The Kier molecular flexibility index (Phi) is 5.96. The molecule has 130 valence electrons. The molecule has 3 nitrogen and oxygen atoms in total. The molecule has 0 aliphatic carbocycles. The van der Waals surface area contributed by atoms with Crippen LogP contribution in [0.5, 0.6) is 0 Å². The van der Waals surface area contributed by atoms with E-state index in [9.17, 15) is 9.90 Å². The van der Waals surface area contributed by atoms with Crippen molar-refractivity contribution >= 4 is 11.5 Å². The van der Waals surface area contributed by atoms with Crippen molar-refractivity contribution in [3.63, 3.8) is 0 Å². The average molecular weight is 344 g/mol. The highest BCUT2D eigenvalue weighted by molar-refractivity contribution is 5.95. The zero-order chi connectivity index (χ0) is 18.2. The molecule has 3 aromatic rings. The Morgan fingerprint density at radius 2 is 1.42 bits per heavy atom. The lowest BCUT2D eigenvalue weighted by Crippen LogP contribution is -2.01.